The van der Waals surface area contributed by atoms with E-state index in [1.165, 1.54) is 5.69 Å². The maximum absolute atomic E-state index is 6.51. The van der Waals surface area contributed by atoms with Crippen molar-refractivity contribution in [2.24, 2.45) is 5.73 Å². The third-order valence-electron chi connectivity index (χ3n) is 4.74. The molecular weight excluding hydrogens is 381 g/mol. The first-order chi connectivity index (χ1) is 11.2. The molecule has 0 bridgehead atoms. The van der Waals surface area contributed by atoms with Gasteiger partial charge in [0.15, 0.2) is 0 Å². The second-order valence-corrected chi connectivity index (χ2v) is 6.81. The minimum atomic E-state index is 0. The highest BCUT2D eigenvalue weighted by atomic mass is 35.5. The third-order valence-corrected chi connectivity index (χ3v) is 5.02. The molecule has 0 spiro atoms. The quantitative estimate of drug-likeness (QED) is 0.806. The number of hydrogen-bond acceptors (Lipinski definition) is 5. The van der Waals surface area contributed by atoms with E-state index in [-0.39, 0.29) is 30.9 Å². The minimum Gasteiger partial charge on any atom is -0.370 e. The van der Waals surface area contributed by atoms with Crippen molar-refractivity contribution in [3.05, 3.63) is 29.3 Å². The highest BCUT2D eigenvalue weighted by Gasteiger charge is 2.20. The summed E-state index contributed by atoms with van der Waals surface area (Å²) in [5, 5.41) is 5.18. The van der Waals surface area contributed by atoms with Gasteiger partial charge in [0.2, 0.25) is 0 Å². The number of rotatable bonds is 2. The lowest BCUT2D eigenvalue weighted by atomic mass is 10.1. The van der Waals surface area contributed by atoms with Crippen LogP contribution in [0.25, 0.3) is 10.9 Å². The average Bonchev–Trinajstić information content (AvgIpc) is 3.01. The molecule has 3 heterocycles. The van der Waals surface area contributed by atoms with Crippen LogP contribution in [0.1, 0.15) is 6.42 Å². The molecule has 2 aliphatic rings. The van der Waals surface area contributed by atoms with E-state index in [0.717, 1.165) is 67.4 Å². The van der Waals surface area contributed by atoms with Gasteiger partial charge in [-0.1, -0.05) is 11.6 Å². The first-order valence-electron chi connectivity index (χ1n) is 8.27. The lowest BCUT2D eigenvalue weighted by Gasteiger charge is -2.29. The number of aromatic nitrogens is 1. The summed E-state index contributed by atoms with van der Waals surface area (Å²) in [4.78, 5) is 9.40. The fraction of sp³-hybridized carbons (Fsp3) is 0.471. The maximum atomic E-state index is 6.51. The Bertz CT molecular complexity index is 721. The standard InChI is InChI=1S/C17H22ClN5.2ClH/c18-15-10-12-9-14(23-6-3-13(19)11-23)1-2-16(12)21-17(15)22-7-4-20-5-8-22;;/h1-2,9-10,13,20H,3-8,11,19H2;2*1H/t13-;;/m1../s1. The van der Waals surface area contributed by atoms with Gasteiger partial charge in [0.1, 0.15) is 5.82 Å². The summed E-state index contributed by atoms with van der Waals surface area (Å²) >= 11 is 6.51. The van der Waals surface area contributed by atoms with Gasteiger partial charge in [0, 0.05) is 56.4 Å². The molecule has 2 fully saturated rings. The van der Waals surface area contributed by atoms with E-state index in [0.29, 0.717) is 0 Å². The zero-order valence-corrected chi connectivity index (χ0v) is 16.3. The molecule has 0 aliphatic carbocycles. The predicted octanol–water partition coefficient (Wildman–Crippen LogP) is 2.68. The van der Waals surface area contributed by atoms with Gasteiger partial charge in [0.25, 0.3) is 0 Å². The third kappa shape index (κ3) is 4.23. The van der Waals surface area contributed by atoms with Gasteiger partial charge in [-0.3, -0.25) is 0 Å². The van der Waals surface area contributed by atoms with E-state index in [1.807, 2.05) is 6.07 Å². The minimum absolute atomic E-state index is 0. The Labute approximate surface area is 165 Å². The largest absolute Gasteiger partial charge is 0.370 e. The fourth-order valence-corrected chi connectivity index (χ4v) is 3.72. The number of nitrogens with two attached hydrogens (primary N) is 1. The van der Waals surface area contributed by atoms with Gasteiger partial charge in [-0.05, 0) is 30.7 Å². The average molecular weight is 405 g/mol. The van der Waals surface area contributed by atoms with Crippen LogP contribution in [0.4, 0.5) is 11.5 Å². The zero-order valence-electron chi connectivity index (χ0n) is 13.9. The van der Waals surface area contributed by atoms with Crippen LogP contribution in [-0.4, -0.2) is 50.3 Å². The Hall–Kier alpha value is -0.980. The number of nitrogens with one attached hydrogen (secondary N) is 1. The summed E-state index contributed by atoms with van der Waals surface area (Å²) in [7, 11) is 0. The smallest absolute Gasteiger partial charge is 0.148 e. The van der Waals surface area contributed by atoms with E-state index in [2.05, 4.69) is 33.3 Å². The summed E-state index contributed by atoms with van der Waals surface area (Å²) < 4.78 is 0. The molecule has 2 aliphatic heterocycles. The van der Waals surface area contributed by atoms with Gasteiger partial charge in [-0.25, -0.2) is 4.98 Å². The summed E-state index contributed by atoms with van der Waals surface area (Å²) in [6.45, 7) is 5.79. The highest BCUT2D eigenvalue weighted by molar-refractivity contribution is 6.33. The number of anilines is 2. The first-order valence-corrected chi connectivity index (χ1v) is 8.65. The predicted molar refractivity (Wildman–Crippen MR) is 111 cm³/mol. The van der Waals surface area contributed by atoms with Crippen LogP contribution in [0, 0.1) is 0 Å². The van der Waals surface area contributed by atoms with Crippen LogP contribution in [0.5, 0.6) is 0 Å². The number of hydrogen-bond donors (Lipinski definition) is 2. The van der Waals surface area contributed by atoms with Gasteiger partial charge < -0.3 is 20.9 Å². The van der Waals surface area contributed by atoms with Crippen molar-refractivity contribution in [3.8, 4) is 0 Å². The molecule has 1 aromatic heterocycles. The van der Waals surface area contributed by atoms with Crippen molar-refractivity contribution < 1.29 is 0 Å². The molecule has 25 heavy (non-hydrogen) atoms. The van der Waals surface area contributed by atoms with Gasteiger partial charge in [0.05, 0.1) is 10.5 Å². The van der Waals surface area contributed by atoms with Gasteiger partial charge >= 0.3 is 0 Å². The second-order valence-electron chi connectivity index (χ2n) is 6.40. The Kier molecular flexibility index (Phi) is 7.00. The number of pyridine rings is 1. The molecule has 0 saturated carbocycles. The highest BCUT2D eigenvalue weighted by Crippen LogP contribution is 2.31. The van der Waals surface area contributed by atoms with E-state index in [4.69, 9.17) is 22.3 Å². The molecule has 0 amide bonds. The molecular formula is C17H24Cl3N5. The molecule has 0 unspecified atom stereocenters. The summed E-state index contributed by atoms with van der Waals surface area (Å²) in [6.07, 6.45) is 1.05. The van der Waals surface area contributed by atoms with E-state index in [1.54, 1.807) is 0 Å². The van der Waals surface area contributed by atoms with Crippen molar-refractivity contribution >= 4 is 58.8 Å². The van der Waals surface area contributed by atoms with Crippen LogP contribution < -0.4 is 20.9 Å². The molecule has 4 rings (SSSR count). The summed E-state index contributed by atoms with van der Waals surface area (Å²) in [5.41, 5.74) is 8.22. The molecule has 0 radical (unpaired) electrons. The number of nitrogens with zero attached hydrogens (tertiary/aromatic N) is 3. The number of piperazine rings is 1. The van der Waals surface area contributed by atoms with Crippen molar-refractivity contribution in [1.82, 2.24) is 10.3 Å². The molecule has 1 aromatic carbocycles. The monoisotopic (exact) mass is 403 g/mol. The van der Waals surface area contributed by atoms with Crippen molar-refractivity contribution in [1.29, 1.82) is 0 Å². The molecule has 3 N–H and O–H groups in total. The fourth-order valence-electron chi connectivity index (χ4n) is 3.44. The van der Waals surface area contributed by atoms with E-state index < -0.39 is 0 Å². The van der Waals surface area contributed by atoms with Crippen molar-refractivity contribution in [2.75, 3.05) is 49.1 Å². The normalized spacial score (nSPS) is 20.3. The Morgan fingerprint density at radius 2 is 1.84 bits per heavy atom. The van der Waals surface area contributed by atoms with Crippen LogP contribution in [0.2, 0.25) is 5.02 Å². The molecule has 5 nitrogen and oxygen atoms in total. The molecule has 2 saturated heterocycles. The van der Waals surface area contributed by atoms with Crippen LogP contribution in [0.15, 0.2) is 24.3 Å². The van der Waals surface area contributed by atoms with E-state index >= 15 is 0 Å². The van der Waals surface area contributed by atoms with Crippen molar-refractivity contribution in [3.63, 3.8) is 0 Å². The molecule has 2 aromatic rings. The Balaban J connectivity index is 0.00000113. The summed E-state index contributed by atoms with van der Waals surface area (Å²) in [5.74, 6) is 0.900. The van der Waals surface area contributed by atoms with Crippen LogP contribution in [-0.2, 0) is 0 Å². The molecule has 1 atom stereocenters. The zero-order chi connectivity index (χ0) is 15.8. The van der Waals surface area contributed by atoms with Gasteiger partial charge in [-0.2, -0.15) is 0 Å². The maximum Gasteiger partial charge on any atom is 0.148 e. The number of halogens is 3. The number of fused-ring (bicyclic) bond motifs is 1. The number of benzene rings is 1. The Morgan fingerprint density at radius 3 is 2.52 bits per heavy atom. The van der Waals surface area contributed by atoms with Crippen LogP contribution >= 0.6 is 36.4 Å². The van der Waals surface area contributed by atoms with Gasteiger partial charge in [-0.15, -0.1) is 24.8 Å². The lowest BCUT2D eigenvalue weighted by molar-refractivity contribution is 0.585. The van der Waals surface area contributed by atoms with Crippen molar-refractivity contribution in [2.45, 2.75) is 12.5 Å². The SMILES string of the molecule is Cl.Cl.N[C@@H]1CCN(c2ccc3nc(N4CCNCC4)c(Cl)cc3c2)C1. The first kappa shape index (κ1) is 20.3. The Morgan fingerprint density at radius 1 is 1.08 bits per heavy atom. The molecule has 8 heteroatoms. The second kappa shape index (κ2) is 8.60. The van der Waals surface area contributed by atoms with E-state index in [9.17, 15) is 0 Å². The molecule has 138 valence electrons. The topological polar surface area (TPSA) is 57.4 Å². The summed E-state index contributed by atoms with van der Waals surface area (Å²) in [6, 6.07) is 8.73. The lowest BCUT2D eigenvalue weighted by Crippen LogP contribution is -2.44. The van der Waals surface area contributed by atoms with Crippen LogP contribution in [0.3, 0.4) is 0 Å².